The minimum atomic E-state index is -0.197. The Morgan fingerprint density at radius 3 is 2.75 bits per heavy atom. The van der Waals surface area contributed by atoms with Crippen LogP contribution in [-0.4, -0.2) is 48.0 Å². The molecule has 0 heterocycles. The molecule has 6 heteroatoms. The van der Waals surface area contributed by atoms with Gasteiger partial charge >= 0.3 is 0 Å². The lowest BCUT2D eigenvalue weighted by Crippen LogP contribution is -2.43. The van der Waals surface area contributed by atoms with Gasteiger partial charge in [0.15, 0.2) is 0 Å². The third-order valence-electron chi connectivity index (χ3n) is 2.41. The Bertz CT molecular complexity index is 243. The van der Waals surface area contributed by atoms with E-state index in [1.165, 1.54) is 0 Å². The van der Waals surface area contributed by atoms with E-state index >= 15 is 0 Å². The predicted molar refractivity (Wildman–Crippen MR) is 63.4 cm³/mol. The molecule has 16 heavy (non-hydrogen) atoms. The van der Waals surface area contributed by atoms with Gasteiger partial charge in [0.05, 0.1) is 6.04 Å². The summed E-state index contributed by atoms with van der Waals surface area (Å²) in [5.74, 6) is 0.290. The largest absolute Gasteiger partial charge is 0.409 e. The van der Waals surface area contributed by atoms with E-state index in [-0.39, 0.29) is 17.8 Å². The summed E-state index contributed by atoms with van der Waals surface area (Å²) in [5, 5.41) is 14.3. The molecular weight excluding hydrogens is 208 g/mol. The van der Waals surface area contributed by atoms with Crippen LogP contribution in [0.25, 0.3) is 0 Å². The maximum Gasteiger partial charge on any atom is 0.239 e. The van der Waals surface area contributed by atoms with Gasteiger partial charge in [-0.25, -0.2) is 0 Å². The van der Waals surface area contributed by atoms with Crippen LogP contribution >= 0.6 is 0 Å². The number of nitrogens with two attached hydrogens (primary N) is 1. The highest BCUT2D eigenvalue weighted by Gasteiger charge is 2.14. The van der Waals surface area contributed by atoms with E-state index < -0.39 is 0 Å². The van der Waals surface area contributed by atoms with Crippen molar-refractivity contribution in [3.05, 3.63) is 0 Å². The van der Waals surface area contributed by atoms with Crippen molar-refractivity contribution in [1.29, 1.82) is 0 Å². The van der Waals surface area contributed by atoms with Crippen LogP contribution in [0.3, 0.4) is 0 Å². The lowest BCUT2D eigenvalue weighted by Gasteiger charge is -2.20. The van der Waals surface area contributed by atoms with Gasteiger partial charge < -0.3 is 21.2 Å². The van der Waals surface area contributed by atoms with E-state index in [1.54, 1.807) is 11.9 Å². The number of likely N-dealkylation sites (N-methyl/N-ethyl adjacent to an activating group) is 1. The van der Waals surface area contributed by atoms with Crippen LogP contribution in [0.2, 0.25) is 0 Å². The molecule has 0 aromatic rings. The fourth-order valence-corrected chi connectivity index (χ4v) is 1.21. The fourth-order valence-electron chi connectivity index (χ4n) is 1.21. The number of carbonyl (C=O) groups is 1. The van der Waals surface area contributed by atoms with Crippen LogP contribution in [0.15, 0.2) is 5.16 Å². The molecule has 0 bridgehead atoms. The van der Waals surface area contributed by atoms with Crippen LogP contribution in [0.5, 0.6) is 0 Å². The first kappa shape index (κ1) is 14.7. The number of carbonyl (C=O) groups excluding carboxylic acids is 1. The number of amides is 1. The van der Waals surface area contributed by atoms with Crippen molar-refractivity contribution < 1.29 is 10.0 Å². The predicted octanol–water partition coefficient (Wildman–Crippen LogP) is -0.0306. The van der Waals surface area contributed by atoms with Gasteiger partial charge in [-0.1, -0.05) is 5.16 Å². The van der Waals surface area contributed by atoms with E-state index in [9.17, 15) is 4.79 Å². The molecule has 0 spiro atoms. The van der Waals surface area contributed by atoms with Gasteiger partial charge in [0.1, 0.15) is 5.84 Å². The van der Waals surface area contributed by atoms with Crippen LogP contribution in [-0.2, 0) is 4.79 Å². The van der Waals surface area contributed by atoms with Crippen molar-refractivity contribution >= 4 is 11.7 Å². The van der Waals surface area contributed by atoms with Gasteiger partial charge in [-0.3, -0.25) is 4.79 Å². The molecule has 0 aliphatic carbocycles. The van der Waals surface area contributed by atoms with Crippen molar-refractivity contribution in [2.24, 2.45) is 10.9 Å². The topological polar surface area (TPSA) is 91.0 Å². The van der Waals surface area contributed by atoms with E-state index in [4.69, 9.17) is 10.9 Å². The zero-order valence-corrected chi connectivity index (χ0v) is 10.2. The van der Waals surface area contributed by atoms with Crippen molar-refractivity contribution in [1.82, 2.24) is 10.2 Å². The third-order valence-corrected chi connectivity index (χ3v) is 2.41. The molecule has 0 saturated carbocycles. The molecule has 0 saturated heterocycles. The van der Waals surface area contributed by atoms with E-state index in [2.05, 4.69) is 10.5 Å². The van der Waals surface area contributed by atoms with Crippen molar-refractivity contribution in [3.8, 4) is 0 Å². The first-order valence-corrected chi connectivity index (χ1v) is 5.47. The summed E-state index contributed by atoms with van der Waals surface area (Å²) < 4.78 is 0. The molecule has 1 unspecified atom stereocenters. The molecule has 0 aliphatic heterocycles. The van der Waals surface area contributed by atoms with Gasteiger partial charge in [-0.2, -0.15) is 0 Å². The summed E-state index contributed by atoms with van der Waals surface area (Å²) in [7, 11) is 1.77. The molecule has 0 aromatic carbocycles. The Hall–Kier alpha value is -1.30. The summed E-state index contributed by atoms with van der Waals surface area (Å²) in [6.07, 6.45) is 1.26. The summed E-state index contributed by atoms with van der Waals surface area (Å²) in [4.78, 5) is 13.3. The number of oxime groups is 1. The number of amidine groups is 1. The summed E-state index contributed by atoms with van der Waals surface area (Å²) in [6, 6.07) is -0.197. The standard InChI is InChI=1S/C10H22N4O2/c1-4-14(3)10(15)8(2)12-7-5-6-9(11)13-16/h8,12,16H,4-7H2,1-3H3,(H2,11,13). The Labute approximate surface area is 96.5 Å². The summed E-state index contributed by atoms with van der Waals surface area (Å²) in [6.45, 7) is 5.14. The number of nitrogens with zero attached hydrogens (tertiary/aromatic N) is 2. The van der Waals surface area contributed by atoms with Crippen LogP contribution < -0.4 is 11.1 Å². The quantitative estimate of drug-likeness (QED) is 0.188. The molecule has 0 radical (unpaired) electrons. The molecule has 0 aromatic heterocycles. The average molecular weight is 230 g/mol. The normalized spacial score (nSPS) is 13.6. The fraction of sp³-hybridized carbons (Fsp3) is 0.800. The number of hydrogen-bond donors (Lipinski definition) is 3. The highest BCUT2D eigenvalue weighted by Crippen LogP contribution is 1.93. The second-order valence-corrected chi connectivity index (χ2v) is 3.72. The number of hydrogen-bond acceptors (Lipinski definition) is 4. The zero-order chi connectivity index (χ0) is 12.6. The molecule has 0 rings (SSSR count). The second-order valence-electron chi connectivity index (χ2n) is 3.72. The Kier molecular flexibility index (Phi) is 7.28. The minimum Gasteiger partial charge on any atom is -0.409 e. The molecule has 94 valence electrons. The van der Waals surface area contributed by atoms with E-state index in [0.29, 0.717) is 19.5 Å². The first-order chi connectivity index (χ1) is 7.52. The Morgan fingerprint density at radius 1 is 1.62 bits per heavy atom. The van der Waals surface area contributed by atoms with Crippen LogP contribution in [0, 0.1) is 0 Å². The monoisotopic (exact) mass is 230 g/mol. The maximum absolute atomic E-state index is 11.6. The summed E-state index contributed by atoms with van der Waals surface area (Å²) in [5.41, 5.74) is 5.32. The molecule has 4 N–H and O–H groups in total. The lowest BCUT2D eigenvalue weighted by molar-refractivity contribution is -0.131. The van der Waals surface area contributed by atoms with Crippen molar-refractivity contribution in [2.45, 2.75) is 32.7 Å². The minimum absolute atomic E-state index is 0.0753. The van der Waals surface area contributed by atoms with Crippen LogP contribution in [0.4, 0.5) is 0 Å². The Balaban J connectivity index is 3.73. The highest BCUT2D eigenvalue weighted by molar-refractivity contribution is 5.81. The van der Waals surface area contributed by atoms with E-state index in [1.807, 2.05) is 13.8 Å². The zero-order valence-electron chi connectivity index (χ0n) is 10.2. The Morgan fingerprint density at radius 2 is 2.25 bits per heavy atom. The first-order valence-electron chi connectivity index (χ1n) is 5.47. The van der Waals surface area contributed by atoms with Crippen LogP contribution in [0.1, 0.15) is 26.7 Å². The van der Waals surface area contributed by atoms with Gasteiger partial charge in [0.25, 0.3) is 0 Å². The van der Waals surface area contributed by atoms with Gasteiger partial charge in [0, 0.05) is 20.0 Å². The molecule has 1 atom stereocenters. The molecule has 1 amide bonds. The molecule has 0 fully saturated rings. The van der Waals surface area contributed by atoms with E-state index in [0.717, 1.165) is 6.42 Å². The number of nitrogens with one attached hydrogen (secondary N) is 1. The average Bonchev–Trinajstić information content (AvgIpc) is 2.31. The smallest absolute Gasteiger partial charge is 0.239 e. The molecular formula is C10H22N4O2. The van der Waals surface area contributed by atoms with Gasteiger partial charge in [-0.05, 0) is 26.8 Å². The van der Waals surface area contributed by atoms with Gasteiger partial charge in [0.2, 0.25) is 5.91 Å². The van der Waals surface area contributed by atoms with Crippen molar-refractivity contribution in [2.75, 3.05) is 20.1 Å². The third kappa shape index (κ3) is 5.55. The summed E-state index contributed by atoms with van der Waals surface area (Å²) >= 11 is 0. The van der Waals surface area contributed by atoms with Gasteiger partial charge in [-0.15, -0.1) is 0 Å². The van der Waals surface area contributed by atoms with Crippen molar-refractivity contribution in [3.63, 3.8) is 0 Å². The second kappa shape index (κ2) is 7.92. The lowest BCUT2D eigenvalue weighted by atomic mass is 10.2. The maximum atomic E-state index is 11.6. The molecule has 6 nitrogen and oxygen atoms in total. The number of rotatable bonds is 7. The highest BCUT2D eigenvalue weighted by atomic mass is 16.4. The SMILES string of the molecule is CCN(C)C(=O)C(C)NCCCC(N)=NO. The molecule has 0 aliphatic rings.